The molecule has 2 aromatic carbocycles. The van der Waals surface area contributed by atoms with Crippen LogP contribution in [0.15, 0.2) is 47.3 Å². The summed E-state index contributed by atoms with van der Waals surface area (Å²) in [6, 6.07) is 12.3. The zero-order chi connectivity index (χ0) is 26.3. The van der Waals surface area contributed by atoms with Gasteiger partial charge in [-0.05, 0) is 104 Å². The van der Waals surface area contributed by atoms with Crippen molar-refractivity contribution >= 4 is 16.6 Å². The minimum absolute atomic E-state index is 0.134. The molecule has 5 rings (SSSR count). The normalized spacial score (nSPS) is 15.9. The molecular weight excluding hydrogens is 469 g/mol. The maximum absolute atomic E-state index is 13.6. The van der Waals surface area contributed by atoms with Crippen molar-refractivity contribution in [3.8, 4) is 0 Å². The standard InChI is InChI=1S/C28H34FN7O/c1-6-28(4,5)36-26(31-32-33-36)25(23-17-20-15-18(2)19(3)16-24(20)30-27(23)37)35-13-11-34(12-14-35)22-9-7-21(29)8-10-22/h7-10,15-17,25H,6,11-14H2,1-5H3,(H,30,37). The van der Waals surface area contributed by atoms with Gasteiger partial charge in [0.05, 0.1) is 5.54 Å². The van der Waals surface area contributed by atoms with E-state index in [-0.39, 0.29) is 16.9 Å². The summed E-state index contributed by atoms with van der Waals surface area (Å²) in [5, 5.41) is 13.9. The van der Waals surface area contributed by atoms with E-state index in [2.05, 4.69) is 64.1 Å². The van der Waals surface area contributed by atoms with Crippen molar-refractivity contribution in [2.45, 2.75) is 52.6 Å². The van der Waals surface area contributed by atoms with Crippen LogP contribution in [-0.4, -0.2) is 56.3 Å². The third kappa shape index (κ3) is 4.75. The fourth-order valence-corrected chi connectivity index (χ4v) is 5.03. The quantitative estimate of drug-likeness (QED) is 0.422. The number of piperazine rings is 1. The fourth-order valence-electron chi connectivity index (χ4n) is 5.03. The van der Waals surface area contributed by atoms with Crippen LogP contribution in [0.3, 0.4) is 0 Å². The Bertz CT molecular complexity index is 1470. The summed E-state index contributed by atoms with van der Waals surface area (Å²) in [4.78, 5) is 21.2. The van der Waals surface area contributed by atoms with Gasteiger partial charge in [0.1, 0.15) is 11.9 Å². The SMILES string of the molecule is CCC(C)(C)n1nnnc1C(c1cc2cc(C)c(C)cc2[nH]c1=O)N1CCN(c2ccc(F)cc2)CC1. The monoisotopic (exact) mass is 503 g/mol. The van der Waals surface area contributed by atoms with E-state index in [1.165, 1.54) is 17.7 Å². The summed E-state index contributed by atoms with van der Waals surface area (Å²) in [6.45, 7) is 13.3. The molecule has 0 radical (unpaired) electrons. The van der Waals surface area contributed by atoms with Crippen LogP contribution in [0.1, 0.15) is 55.7 Å². The van der Waals surface area contributed by atoms with Gasteiger partial charge in [-0.3, -0.25) is 9.69 Å². The lowest BCUT2D eigenvalue weighted by atomic mass is 9.98. The number of pyridine rings is 1. The summed E-state index contributed by atoms with van der Waals surface area (Å²) < 4.78 is 15.3. The van der Waals surface area contributed by atoms with E-state index in [4.69, 9.17) is 0 Å². The maximum atomic E-state index is 13.6. The number of tetrazole rings is 1. The van der Waals surface area contributed by atoms with Crippen LogP contribution in [0.5, 0.6) is 0 Å². The first-order chi connectivity index (χ1) is 17.7. The van der Waals surface area contributed by atoms with Crippen molar-refractivity contribution in [3.63, 3.8) is 0 Å². The third-order valence-corrected chi connectivity index (χ3v) is 7.83. The molecule has 0 spiro atoms. The van der Waals surface area contributed by atoms with Gasteiger partial charge < -0.3 is 9.88 Å². The van der Waals surface area contributed by atoms with Crippen molar-refractivity contribution in [3.05, 3.63) is 81.2 Å². The van der Waals surface area contributed by atoms with Crippen LogP contribution in [0.4, 0.5) is 10.1 Å². The van der Waals surface area contributed by atoms with Crippen LogP contribution in [0, 0.1) is 19.7 Å². The highest BCUT2D eigenvalue weighted by Crippen LogP contribution is 2.32. The molecule has 0 saturated carbocycles. The van der Waals surface area contributed by atoms with Gasteiger partial charge in [0.2, 0.25) is 0 Å². The number of anilines is 1. The lowest BCUT2D eigenvalue weighted by Crippen LogP contribution is -2.49. The zero-order valence-electron chi connectivity index (χ0n) is 22.1. The van der Waals surface area contributed by atoms with Crippen LogP contribution in [0.25, 0.3) is 10.9 Å². The lowest BCUT2D eigenvalue weighted by Gasteiger charge is -2.40. The number of fused-ring (bicyclic) bond motifs is 1. The predicted molar refractivity (Wildman–Crippen MR) is 144 cm³/mol. The smallest absolute Gasteiger partial charge is 0.253 e. The van der Waals surface area contributed by atoms with E-state index in [1.54, 1.807) is 0 Å². The molecule has 0 amide bonds. The van der Waals surface area contributed by atoms with Gasteiger partial charge in [0.15, 0.2) is 5.82 Å². The lowest BCUT2D eigenvalue weighted by molar-refractivity contribution is 0.186. The van der Waals surface area contributed by atoms with Gasteiger partial charge in [0, 0.05) is 42.9 Å². The number of nitrogens with one attached hydrogen (secondary N) is 1. The molecule has 3 heterocycles. The van der Waals surface area contributed by atoms with E-state index < -0.39 is 6.04 Å². The Morgan fingerprint density at radius 1 is 1.03 bits per heavy atom. The molecule has 1 fully saturated rings. The molecule has 1 saturated heterocycles. The molecule has 1 atom stereocenters. The minimum atomic E-state index is -0.411. The Hall–Kier alpha value is -3.59. The highest BCUT2D eigenvalue weighted by Gasteiger charge is 2.35. The second-order valence-electron chi connectivity index (χ2n) is 10.6. The highest BCUT2D eigenvalue weighted by atomic mass is 19.1. The van der Waals surface area contributed by atoms with Crippen molar-refractivity contribution in [1.29, 1.82) is 0 Å². The first kappa shape index (κ1) is 25.1. The van der Waals surface area contributed by atoms with Crippen LogP contribution >= 0.6 is 0 Å². The predicted octanol–water partition coefficient (Wildman–Crippen LogP) is 4.33. The fraction of sp³-hybridized carbons (Fsp3) is 0.429. The average Bonchev–Trinajstić information content (AvgIpc) is 3.37. The molecule has 1 unspecified atom stereocenters. The zero-order valence-corrected chi connectivity index (χ0v) is 22.1. The van der Waals surface area contributed by atoms with Gasteiger partial charge in [-0.25, -0.2) is 9.07 Å². The molecule has 2 aromatic heterocycles. The van der Waals surface area contributed by atoms with Crippen molar-refractivity contribution in [2.75, 3.05) is 31.1 Å². The topological polar surface area (TPSA) is 82.9 Å². The number of rotatable bonds is 6. The van der Waals surface area contributed by atoms with Crippen molar-refractivity contribution < 1.29 is 4.39 Å². The molecule has 8 nitrogen and oxygen atoms in total. The Morgan fingerprint density at radius 2 is 1.70 bits per heavy atom. The minimum Gasteiger partial charge on any atom is -0.369 e. The molecule has 1 N–H and O–H groups in total. The highest BCUT2D eigenvalue weighted by molar-refractivity contribution is 5.81. The van der Waals surface area contributed by atoms with Gasteiger partial charge in [-0.15, -0.1) is 5.10 Å². The molecular formula is C28H34FN7O. The van der Waals surface area contributed by atoms with E-state index in [9.17, 15) is 9.18 Å². The van der Waals surface area contributed by atoms with E-state index in [0.29, 0.717) is 24.5 Å². The summed E-state index contributed by atoms with van der Waals surface area (Å²) in [5.41, 5.74) is 4.31. The number of halogens is 1. The molecule has 0 aliphatic carbocycles. The summed E-state index contributed by atoms with van der Waals surface area (Å²) in [6.07, 6.45) is 0.836. The second-order valence-corrected chi connectivity index (χ2v) is 10.6. The number of H-pyrrole nitrogens is 1. The number of hydrogen-bond acceptors (Lipinski definition) is 6. The van der Waals surface area contributed by atoms with Crippen LogP contribution in [-0.2, 0) is 5.54 Å². The van der Waals surface area contributed by atoms with E-state index in [1.807, 2.05) is 35.9 Å². The Balaban J connectivity index is 1.57. The number of benzene rings is 2. The average molecular weight is 504 g/mol. The molecule has 4 aromatic rings. The van der Waals surface area contributed by atoms with Crippen molar-refractivity contribution in [1.82, 2.24) is 30.1 Å². The number of hydrogen-bond donors (Lipinski definition) is 1. The van der Waals surface area contributed by atoms with Gasteiger partial charge in [-0.2, -0.15) is 0 Å². The first-order valence-electron chi connectivity index (χ1n) is 12.9. The number of nitrogens with zero attached hydrogens (tertiary/aromatic N) is 6. The van der Waals surface area contributed by atoms with Crippen molar-refractivity contribution in [2.24, 2.45) is 0 Å². The summed E-state index contributed by atoms with van der Waals surface area (Å²) in [5.74, 6) is 0.421. The second kappa shape index (κ2) is 9.70. The molecule has 37 heavy (non-hydrogen) atoms. The molecule has 9 heteroatoms. The summed E-state index contributed by atoms with van der Waals surface area (Å²) in [7, 11) is 0. The van der Waals surface area contributed by atoms with E-state index in [0.717, 1.165) is 41.7 Å². The maximum Gasteiger partial charge on any atom is 0.253 e. The van der Waals surface area contributed by atoms with Gasteiger partial charge in [-0.1, -0.05) is 6.92 Å². The molecule has 1 aliphatic heterocycles. The van der Waals surface area contributed by atoms with Crippen LogP contribution < -0.4 is 10.5 Å². The number of aryl methyl sites for hydroxylation is 2. The van der Waals surface area contributed by atoms with E-state index >= 15 is 0 Å². The summed E-state index contributed by atoms with van der Waals surface area (Å²) >= 11 is 0. The van der Waals surface area contributed by atoms with Gasteiger partial charge >= 0.3 is 0 Å². The van der Waals surface area contributed by atoms with Crippen LogP contribution in [0.2, 0.25) is 0 Å². The Labute approximate surface area is 216 Å². The Morgan fingerprint density at radius 3 is 2.38 bits per heavy atom. The molecule has 0 bridgehead atoms. The first-order valence-corrected chi connectivity index (χ1v) is 12.9. The largest absolute Gasteiger partial charge is 0.369 e. The molecule has 194 valence electrons. The van der Waals surface area contributed by atoms with Gasteiger partial charge in [0.25, 0.3) is 5.56 Å². The number of aromatic nitrogens is 5. The molecule has 1 aliphatic rings. The number of aromatic amines is 1. The third-order valence-electron chi connectivity index (χ3n) is 7.83. The Kier molecular flexibility index (Phi) is 6.58.